The molecule has 6 heteroatoms. The molecule has 3 rings (SSSR count). The fourth-order valence-corrected chi connectivity index (χ4v) is 2.40. The standard InChI is InChI=1S/C14H15ClFN3O/c1-8(15)14-18-11-6-9(16)2-5-12(11)19(14)7-13(20)17-10-3-4-10/h2,5-6,8,10H,3-4,7H2,1H3,(H,17,20). The molecule has 1 saturated carbocycles. The van der Waals surface area contributed by atoms with Crippen molar-refractivity contribution in [2.75, 3.05) is 0 Å². The second-order valence-corrected chi connectivity index (χ2v) is 5.80. The van der Waals surface area contributed by atoms with E-state index in [0.29, 0.717) is 17.4 Å². The summed E-state index contributed by atoms with van der Waals surface area (Å²) in [7, 11) is 0. The Bertz CT molecular complexity index is 664. The van der Waals surface area contributed by atoms with Crippen LogP contribution in [0.25, 0.3) is 11.0 Å². The summed E-state index contributed by atoms with van der Waals surface area (Å²) in [5.74, 6) is 0.172. The number of halogens is 2. The van der Waals surface area contributed by atoms with Crippen LogP contribution in [0.4, 0.5) is 4.39 Å². The number of hydrogen-bond donors (Lipinski definition) is 1. The molecule has 1 N–H and O–H groups in total. The van der Waals surface area contributed by atoms with Crippen molar-refractivity contribution in [1.82, 2.24) is 14.9 Å². The summed E-state index contributed by atoms with van der Waals surface area (Å²) < 4.78 is 15.0. The maximum atomic E-state index is 13.3. The smallest absolute Gasteiger partial charge is 0.240 e. The summed E-state index contributed by atoms with van der Waals surface area (Å²) in [6, 6.07) is 4.66. The lowest BCUT2D eigenvalue weighted by Gasteiger charge is -2.10. The van der Waals surface area contributed by atoms with E-state index in [-0.39, 0.29) is 23.6 Å². The SMILES string of the molecule is CC(Cl)c1nc2cc(F)ccc2n1CC(=O)NC1CC1. The molecule has 1 atom stereocenters. The zero-order valence-electron chi connectivity index (χ0n) is 11.1. The third-order valence-corrected chi connectivity index (χ3v) is 3.53. The molecule has 1 aliphatic rings. The Morgan fingerprint density at radius 2 is 2.35 bits per heavy atom. The molecule has 0 aliphatic heterocycles. The molecule has 1 unspecified atom stereocenters. The Hall–Kier alpha value is -1.62. The molecule has 1 aromatic heterocycles. The van der Waals surface area contributed by atoms with Gasteiger partial charge in [0.05, 0.1) is 16.4 Å². The van der Waals surface area contributed by atoms with E-state index in [0.717, 1.165) is 18.4 Å². The van der Waals surface area contributed by atoms with Crippen LogP contribution < -0.4 is 5.32 Å². The molecule has 106 valence electrons. The quantitative estimate of drug-likeness (QED) is 0.882. The van der Waals surface area contributed by atoms with Gasteiger partial charge >= 0.3 is 0 Å². The van der Waals surface area contributed by atoms with Gasteiger partial charge in [0.1, 0.15) is 18.2 Å². The van der Waals surface area contributed by atoms with Crippen LogP contribution in [0.5, 0.6) is 0 Å². The van der Waals surface area contributed by atoms with Gasteiger partial charge in [-0.1, -0.05) is 0 Å². The lowest BCUT2D eigenvalue weighted by Crippen LogP contribution is -2.29. The highest BCUT2D eigenvalue weighted by Crippen LogP contribution is 2.25. The van der Waals surface area contributed by atoms with E-state index in [1.165, 1.54) is 12.1 Å². The summed E-state index contributed by atoms with van der Waals surface area (Å²) in [5, 5.41) is 2.58. The van der Waals surface area contributed by atoms with Crippen LogP contribution in [-0.4, -0.2) is 21.5 Å². The second-order valence-electron chi connectivity index (χ2n) is 5.15. The van der Waals surface area contributed by atoms with E-state index in [1.807, 2.05) is 0 Å². The highest BCUT2D eigenvalue weighted by molar-refractivity contribution is 6.20. The molecule has 0 spiro atoms. The van der Waals surface area contributed by atoms with Gasteiger partial charge in [-0.3, -0.25) is 4.79 Å². The van der Waals surface area contributed by atoms with Crippen LogP contribution in [0.15, 0.2) is 18.2 Å². The van der Waals surface area contributed by atoms with Crippen LogP contribution in [0, 0.1) is 5.82 Å². The fraction of sp³-hybridized carbons (Fsp3) is 0.429. The molecular formula is C14H15ClFN3O. The maximum Gasteiger partial charge on any atom is 0.240 e. The van der Waals surface area contributed by atoms with Gasteiger partial charge in [0.25, 0.3) is 0 Å². The lowest BCUT2D eigenvalue weighted by molar-refractivity contribution is -0.121. The molecule has 0 radical (unpaired) electrons. The van der Waals surface area contributed by atoms with E-state index in [2.05, 4.69) is 10.3 Å². The highest BCUT2D eigenvalue weighted by atomic mass is 35.5. The number of carbonyl (C=O) groups is 1. The normalized spacial score (nSPS) is 16.4. The third kappa shape index (κ3) is 2.63. The summed E-state index contributed by atoms with van der Waals surface area (Å²) in [5.41, 5.74) is 1.24. The number of rotatable bonds is 4. The van der Waals surface area contributed by atoms with Crippen LogP contribution in [0.1, 0.15) is 31.0 Å². The number of nitrogens with one attached hydrogen (secondary N) is 1. The van der Waals surface area contributed by atoms with Crippen molar-refractivity contribution in [2.24, 2.45) is 0 Å². The number of fused-ring (bicyclic) bond motifs is 1. The average molecular weight is 296 g/mol. The van der Waals surface area contributed by atoms with E-state index in [1.54, 1.807) is 17.6 Å². The molecule has 1 fully saturated rings. The predicted molar refractivity (Wildman–Crippen MR) is 75.1 cm³/mol. The molecule has 0 bridgehead atoms. The Kier molecular flexibility index (Phi) is 3.38. The monoisotopic (exact) mass is 295 g/mol. The van der Waals surface area contributed by atoms with Crippen molar-refractivity contribution >= 4 is 28.5 Å². The fourth-order valence-electron chi connectivity index (χ4n) is 2.24. The molecule has 2 aromatic rings. The first-order valence-corrected chi connectivity index (χ1v) is 7.07. The van der Waals surface area contributed by atoms with Crippen LogP contribution in [0.3, 0.4) is 0 Å². The van der Waals surface area contributed by atoms with Crippen molar-refractivity contribution in [2.45, 2.75) is 37.7 Å². The highest BCUT2D eigenvalue weighted by Gasteiger charge is 2.24. The van der Waals surface area contributed by atoms with Gasteiger partial charge in [0, 0.05) is 12.1 Å². The Balaban J connectivity index is 1.97. The number of carbonyl (C=O) groups excluding carboxylic acids is 1. The van der Waals surface area contributed by atoms with E-state index < -0.39 is 0 Å². The van der Waals surface area contributed by atoms with Gasteiger partial charge in [-0.15, -0.1) is 11.6 Å². The van der Waals surface area contributed by atoms with E-state index in [9.17, 15) is 9.18 Å². The van der Waals surface area contributed by atoms with Crippen molar-refractivity contribution in [1.29, 1.82) is 0 Å². The second kappa shape index (κ2) is 5.05. The minimum absolute atomic E-state index is 0.0605. The molecule has 1 amide bonds. The summed E-state index contributed by atoms with van der Waals surface area (Å²) >= 11 is 6.11. The molecule has 4 nitrogen and oxygen atoms in total. The third-order valence-electron chi connectivity index (χ3n) is 3.34. The van der Waals surface area contributed by atoms with Gasteiger partial charge in [-0.05, 0) is 31.9 Å². The van der Waals surface area contributed by atoms with Crippen LogP contribution in [0.2, 0.25) is 0 Å². The van der Waals surface area contributed by atoms with Gasteiger partial charge in [-0.25, -0.2) is 9.37 Å². The minimum Gasteiger partial charge on any atom is -0.352 e. The zero-order valence-corrected chi connectivity index (χ0v) is 11.8. The van der Waals surface area contributed by atoms with Gasteiger partial charge < -0.3 is 9.88 Å². The predicted octanol–water partition coefficient (Wildman–Crippen LogP) is 2.75. The Morgan fingerprint density at radius 3 is 3.00 bits per heavy atom. The number of benzene rings is 1. The van der Waals surface area contributed by atoms with Gasteiger partial charge in [0.2, 0.25) is 5.91 Å². The number of alkyl halides is 1. The van der Waals surface area contributed by atoms with Crippen molar-refractivity contribution in [3.8, 4) is 0 Å². The topological polar surface area (TPSA) is 46.9 Å². The summed E-state index contributed by atoms with van der Waals surface area (Å²) in [6.45, 7) is 1.94. The first-order chi connectivity index (χ1) is 9.54. The molecule has 20 heavy (non-hydrogen) atoms. The number of hydrogen-bond acceptors (Lipinski definition) is 2. The molecule has 0 saturated heterocycles. The van der Waals surface area contributed by atoms with Crippen molar-refractivity contribution in [3.63, 3.8) is 0 Å². The Labute approximate surface area is 120 Å². The first kappa shape index (κ1) is 13.4. The average Bonchev–Trinajstić information content (AvgIpc) is 3.11. The number of imidazole rings is 1. The van der Waals surface area contributed by atoms with E-state index in [4.69, 9.17) is 11.6 Å². The Morgan fingerprint density at radius 1 is 1.60 bits per heavy atom. The summed E-state index contributed by atoms with van der Waals surface area (Å²) in [4.78, 5) is 16.3. The largest absolute Gasteiger partial charge is 0.352 e. The van der Waals surface area contributed by atoms with Crippen LogP contribution in [-0.2, 0) is 11.3 Å². The molecular weight excluding hydrogens is 281 g/mol. The van der Waals surface area contributed by atoms with Crippen LogP contribution >= 0.6 is 11.6 Å². The van der Waals surface area contributed by atoms with Gasteiger partial charge in [-0.2, -0.15) is 0 Å². The number of nitrogens with zero attached hydrogens (tertiary/aromatic N) is 2. The zero-order chi connectivity index (χ0) is 14.3. The minimum atomic E-state index is -0.349. The molecule has 1 aliphatic carbocycles. The van der Waals surface area contributed by atoms with Crippen molar-refractivity contribution in [3.05, 3.63) is 29.8 Å². The first-order valence-electron chi connectivity index (χ1n) is 6.63. The molecule has 1 aromatic carbocycles. The molecule has 1 heterocycles. The number of aromatic nitrogens is 2. The van der Waals surface area contributed by atoms with Gasteiger partial charge in [0.15, 0.2) is 0 Å². The summed E-state index contributed by atoms with van der Waals surface area (Å²) in [6.07, 6.45) is 2.08. The van der Waals surface area contributed by atoms with E-state index >= 15 is 0 Å². The number of amides is 1. The van der Waals surface area contributed by atoms with Crippen molar-refractivity contribution < 1.29 is 9.18 Å². The lowest BCUT2D eigenvalue weighted by atomic mass is 10.3. The maximum absolute atomic E-state index is 13.3.